The number of ether oxygens (including phenoxy) is 1. The van der Waals surface area contributed by atoms with Crippen molar-refractivity contribution in [2.24, 2.45) is 5.92 Å². The van der Waals surface area contributed by atoms with Gasteiger partial charge in [0, 0.05) is 32.2 Å². The van der Waals surface area contributed by atoms with Crippen LogP contribution in [0.5, 0.6) is 0 Å². The zero-order chi connectivity index (χ0) is 17.9. The van der Waals surface area contributed by atoms with Gasteiger partial charge in [-0.3, -0.25) is 4.79 Å². The summed E-state index contributed by atoms with van der Waals surface area (Å²) in [4.78, 5) is 12.6. The second-order valence-corrected chi connectivity index (χ2v) is 8.81. The van der Waals surface area contributed by atoms with Gasteiger partial charge in [0.25, 0.3) is 0 Å². The smallest absolute Gasteiger partial charge is 0.243 e. The molecule has 0 saturated carbocycles. The molecule has 0 bridgehead atoms. The van der Waals surface area contributed by atoms with E-state index in [0.29, 0.717) is 37.4 Å². The predicted octanol–water partition coefficient (Wildman–Crippen LogP) is 1.69. The monoisotopic (exact) mass is 366 g/mol. The molecule has 2 fully saturated rings. The fraction of sp³-hybridized carbons (Fsp3) is 0.611. The number of aryl methyl sites for hydroxylation is 1. The van der Waals surface area contributed by atoms with Crippen molar-refractivity contribution in [3.63, 3.8) is 0 Å². The summed E-state index contributed by atoms with van der Waals surface area (Å²) < 4.78 is 32.4. The zero-order valence-corrected chi connectivity index (χ0v) is 15.4. The van der Waals surface area contributed by atoms with Gasteiger partial charge in [0.05, 0.1) is 11.0 Å². The number of hydrogen-bond donors (Lipinski definition) is 1. The van der Waals surface area contributed by atoms with Gasteiger partial charge in [-0.15, -0.1) is 0 Å². The van der Waals surface area contributed by atoms with Crippen LogP contribution in [0.25, 0.3) is 0 Å². The minimum absolute atomic E-state index is 0.0166. The average molecular weight is 366 g/mol. The Labute approximate surface area is 149 Å². The molecule has 2 saturated heterocycles. The Morgan fingerprint density at radius 2 is 1.88 bits per heavy atom. The lowest BCUT2D eigenvalue weighted by Gasteiger charge is -2.30. The van der Waals surface area contributed by atoms with Crippen LogP contribution >= 0.6 is 0 Å². The predicted molar refractivity (Wildman–Crippen MR) is 94.6 cm³/mol. The van der Waals surface area contributed by atoms with Crippen LogP contribution in [-0.4, -0.2) is 51.0 Å². The molecule has 0 unspecified atom stereocenters. The maximum Gasteiger partial charge on any atom is 0.243 e. The van der Waals surface area contributed by atoms with Crippen molar-refractivity contribution >= 4 is 15.9 Å². The van der Waals surface area contributed by atoms with Crippen molar-refractivity contribution in [2.75, 3.05) is 26.2 Å². The summed E-state index contributed by atoms with van der Waals surface area (Å²) in [5.74, 6) is -0.103. The molecule has 1 aromatic carbocycles. The van der Waals surface area contributed by atoms with E-state index in [4.69, 9.17) is 4.74 Å². The van der Waals surface area contributed by atoms with Gasteiger partial charge in [-0.05, 0) is 44.7 Å². The Kier molecular flexibility index (Phi) is 5.76. The van der Waals surface area contributed by atoms with E-state index in [1.807, 2.05) is 6.92 Å². The minimum atomic E-state index is -3.47. The summed E-state index contributed by atoms with van der Waals surface area (Å²) in [7, 11) is -3.47. The van der Waals surface area contributed by atoms with Crippen molar-refractivity contribution in [1.82, 2.24) is 9.62 Å². The van der Waals surface area contributed by atoms with Crippen LogP contribution in [0.1, 0.15) is 31.2 Å². The molecule has 2 heterocycles. The number of benzene rings is 1. The molecule has 25 heavy (non-hydrogen) atoms. The number of carbonyl (C=O) groups excluding carboxylic acids is 1. The van der Waals surface area contributed by atoms with Crippen molar-refractivity contribution in [2.45, 2.75) is 43.6 Å². The van der Waals surface area contributed by atoms with Crippen LogP contribution < -0.4 is 5.32 Å². The third-order valence-corrected chi connectivity index (χ3v) is 6.92. The van der Waals surface area contributed by atoms with E-state index in [1.54, 1.807) is 24.3 Å². The average Bonchev–Trinajstić information content (AvgIpc) is 3.14. The second kappa shape index (κ2) is 7.85. The second-order valence-electron chi connectivity index (χ2n) is 6.87. The molecule has 1 atom stereocenters. The van der Waals surface area contributed by atoms with Gasteiger partial charge in [0.1, 0.15) is 0 Å². The third-order valence-electron chi connectivity index (χ3n) is 5.01. The molecule has 1 aromatic rings. The van der Waals surface area contributed by atoms with Gasteiger partial charge in [0.2, 0.25) is 15.9 Å². The molecular weight excluding hydrogens is 340 g/mol. The lowest BCUT2D eigenvalue weighted by Crippen LogP contribution is -2.44. The fourth-order valence-corrected chi connectivity index (χ4v) is 4.85. The molecule has 2 aliphatic rings. The standard InChI is InChI=1S/C18H26N2O4S/c1-14-4-6-17(7-5-14)25(22,23)20-10-8-15(9-11-20)18(21)19-13-16-3-2-12-24-16/h4-7,15-16H,2-3,8-13H2,1H3,(H,19,21)/t16-/m0/s1. The van der Waals surface area contributed by atoms with Gasteiger partial charge in [-0.1, -0.05) is 17.7 Å². The first-order valence-corrected chi connectivity index (χ1v) is 10.4. The Morgan fingerprint density at radius 3 is 2.48 bits per heavy atom. The Hall–Kier alpha value is -1.44. The van der Waals surface area contributed by atoms with E-state index in [9.17, 15) is 13.2 Å². The summed E-state index contributed by atoms with van der Waals surface area (Å²) in [6.07, 6.45) is 3.29. The van der Waals surface area contributed by atoms with Crippen LogP contribution in [0.3, 0.4) is 0 Å². The van der Waals surface area contributed by atoms with Crippen molar-refractivity contribution < 1.29 is 17.9 Å². The number of sulfonamides is 1. The topological polar surface area (TPSA) is 75.7 Å². The largest absolute Gasteiger partial charge is 0.376 e. The maximum atomic E-state index is 12.7. The summed E-state index contributed by atoms with van der Waals surface area (Å²) in [5, 5.41) is 2.95. The SMILES string of the molecule is Cc1ccc(S(=O)(=O)N2CCC(C(=O)NC[C@@H]3CCCO3)CC2)cc1. The molecule has 2 aliphatic heterocycles. The minimum Gasteiger partial charge on any atom is -0.376 e. The molecule has 3 rings (SSSR count). The highest BCUT2D eigenvalue weighted by Crippen LogP contribution is 2.24. The molecule has 7 heteroatoms. The van der Waals surface area contributed by atoms with Crippen molar-refractivity contribution in [3.05, 3.63) is 29.8 Å². The first-order valence-electron chi connectivity index (χ1n) is 8.93. The lowest BCUT2D eigenvalue weighted by atomic mass is 9.97. The summed E-state index contributed by atoms with van der Waals surface area (Å²) in [6.45, 7) is 4.02. The normalized spacial score (nSPS) is 22.8. The quantitative estimate of drug-likeness (QED) is 0.860. The van der Waals surface area contributed by atoms with Gasteiger partial charge in [-0.2, -0.15) is 4.31 Å². The van der Waals surface area contributed by atoms with E-state index < -0.39 is 10.0 Å². The summed E-state index contributed by atoms with van der Waals surface area (Å²) in [5.41, 5.74) is 1.03. The van der Waals surface area contributed by atoms with Gasteiger partial charge < -0.3 is 10.1 Å². The van der Waals surface area contributed by atoms with Crippen LogP contribution in [0.15, 0.2) is 29.2 Å². The molecule has 0 radical (unpaired) electrons. The summed E-state index contributed by atoms with van der Waals surface area (Å²) in [6, 6.07) is 6.90. The Balaban J connectivity index is 1.52. The Bertz CT molecular complexity index is 688. The van der Waals surface area contributed by atoms with Crippen molar-refractivity contribution in [3.8, 4) is 0 Å². The van der Waals surface area contributed by atoms with Crippen LogP contribution in [-0.2, 0) is 19.6 Å². The number of nitrogens with zero attached hydrogens (tertiary/aromatic N) is 1. The molecule has 0 aromatic heterocycles. The van der Waals surface area contributed by atoms with Crippen LogP contribution in [0, 0.1) is 12.8 Å². The first kappa shape index (κ1) is 18.4. The number of amides is 1. The lowest BCUT2D eigenvalue weighted by molar-refractivity contribution is -0.126. The molecule has 1 N–H and O–H groups in total. The molecule has 0 aliphatic carbocycles. The highest BCUT2D eigenvalue weighted by atomic mass is 32.2. The third kappa shape index (κ3) is 4.40. The van der Waals surface area contributed by atoms with E-state index in [2.05, 4.69) is 5.32 Å². The van der Waals surface area contributed by atoms with Crippen LogP contribution in [0.4, 0.5) is 0 Å². The molecule has 1 amide bonds. The fourth-order valence-electron chi connectivity index (χ4n) is 3.38. The highest BCUT2D eigenvalue weighted by Gasteiger charge is 2.32. The molecule has 0 spiro atoms. The highest BCUT2D eigenvalue weighted by molar-refractivity contribution is 7.89. The van der Waals surface area contributed by atoms with E-state index in [-0.39, 0.29) is 17.9 Å². The number of nitrogens with one attached hydrogen (secondary N) is 1. The first-order chi connectivity index (χ1) is 12.0. The van der Waals surface area contributed by atoms with E-state index >= 15 is 0 Å². The van der Waals surface area contributed by atoms with Gasteiger partial charge in [-0.25, -0.2) is 8.42 Å². The van der Waals surface area contributed by atoms with E-state index in [1.165, 1.54) is 4.31 Å². The van der Waals surface area contributed by atoms with Crippen LogP contribution in [0.2, 0.25) is 0 Å². The number of carbonyl (C=O) groups is 1. The van der Waals surface area contributed by atoms with E-state index in [0.717, 1.165) is 25.0 Å². The zero-order valence-electron chi connectivity index (χ0n) is 14.6. The van der Waals surface area contributed by atoms with Gasteiger partial charge in [0.15, 0.2) is 0 Å². The molecule has 138 valence electrons. The maximum absolute atomic E-state index is 12.7. The Morgan fingerprint density at radius 1 is 1.20 bits per heavy atom. The number of piperidine rings is 1. The summed E-state index contributed by atoms with van der Waals surface area (Å²) >= 11 is 0. The molecule has 6 nitrogen and oxygen atoms in total. The molecular formula is C18H26N2O4S. The van der Waals surface area contributed by atoms with Crippen molar-refractivity contribution in [1.29, 1.82) is 0 Å². The number of hydrogen-bond acceptors (Lipinski definition) is 4. The van der Waals surface area contributed by atoms with Gasteiger partial charge >= 0.3 is 0 Å². The number of rotatable bonds is 5.